The zero-order valence-electron chi connectivity index (χ0n) is 15.1. The lowest BCUT2D eigenvalue weighted by molar-refractivity contribution is 0.436. The van der Waals surface area contributed by atoms with E-state index in [1.54, 1.807) is 0 Å². The van der Waals surface area contributed by atoms with Gasteiger partial charge in [-0.25, -0.2) is 4.98 Å². The van der Waals surface area contributed by atoms with Crippen LogP contribution in [0.3, 0.4) is 0 Å². The minimum atomic E-state index is 0.818. The summed E-state index contributed by atoms with van der Waals surface area (Å²) in [6, 6.07) is 12.6. The Balaban J connectivity index is 1.99. The topological polar surface area (TPSA) is 32.3 Å². The van der Waals surface area contributed by atoms with E-state index in [1.165, 1.54) is 12.8 Å². The lowest BCUT2D eigenvalue weighted by Crippen LogP contribution is -2.34. The molecular weight excluding hydrogens is 296 g/mol. The Morgan fingerprint density at radius 3 is 2.33 bits per heavy atom. The predicted octanol–water partition coefficient (Wildman–Crippen LogP) is 4.23. The van der Waals surface area contributed by atoms with E-state index in [0.717, 1.165) is 55.1 Å². The first-order valence-electron chi connectivity index (χ1n) is 9.15. The average molecular weight is 324 g/mol. The molecule has 2 aromatic rings. The van der Waals surface area contributed by atoms with Gasteiger partial charge in [0.15, 0.2) is 0 Å². The molecule has 4 nitrogen and oxygen atoms in total. The van der Waals surface area contributed by atoms with E-state index in [9.17, 15) is 0 Å². The first kappa shape index (κ1) is 16.7. The highest BCUT2D eigenvalue weighted by Gasteiger charge is 2.19. The number of aromatic nitrogens is 2. The molecule has 0 bridgehead atoms. The molecule has 3 rings (SSSR count). The maximum Gasteiger partial charge on any atom is 0.227 e. The molecule has 0 aliphatic carbocycles. The molecule has 1 fully saturated rings. The Morgan fingerprint density at radius 2 is 1.71 bits per heavy atom. The highest BCUT2D eigenvalue weighted by Crippen LogP contribution is 2.27. The van der Waals surface area contributed by atoms with E-state index >= 15 is 0 Å². The molecule has 24 heavy (non-hydrogen) atoms. The summed E-state index contributed by atoms with van der Waals surface area (Å²) in [6.07, 6.45) is 2.48. The fraction of sp³-hybridized carbons (Fsp3) is 0.500. The molecular formula is C20H28N4. The van der Waals surface area contributed by atoms with E-state index in [0.29, 0.717) is 0 Å². The summed E-state index contributed by atoms with van der Waals surface area (Å²) in [7, 11) is 0. The molecule has 4 heteroatoms. The molecule has 0 atom stereocenters. The number of anilines is 2. The van der Waals surface area contributed by atoms with Gasteiger partial charge in [-0.15, -0.1) is 0 Å². The largest absolute Gasteiger partial charge is 0.356 e. The fourth-order valence-electron chi connectivity index (χ4n) is 3.23. The SMILES string of the molecule is CCN(CC)c1nc(-c2ccccc2)cc(N2CCC(C)CC2)n1. The summed E-state index contributed by atoms with van der Waals surface area (Å²) in [5.41, 5.74) is 2.17. The van der Waals surface area contributed by atoms with Crippen molar-refractivity contribution >= 4 is 11.8 Å². The Morgan fingerprint density at radius 1 is 1.04 bits per heavy atom. The van der Waals surface area contributed by atoms with E-state index in [2.05, 4.69) is 60.9 Å². The summed E-state index contributed by atoms with van der Waals surface area (Å²) in [6.45, 7) is 10.7. The van der Waals surface area contributed by atoms with Crippen molar-refractivity contribution in [1.29, 1.82) is 0 Å². The predicted molar refractivity (Wildman–Crippen MR) is 102 cm³/mol. The zero-order chi connectivity index (χ0) is 16.9. The van der Waals surface area contributed by atoms with Crippen molar-refractivity contribution in [3.05, 3.63) is 36.4 Å². The minimum absolute atomic E-state index is 0.818. The summed E-state index contributed by atoms with van der Waals surface area (Å²) in [5.74, 6) is 2.73. The molecule has 1 aromatic carbocycles. The number of piperidine rings is 1. The van der Waals surface area contributed by atoms with Crippen LogP contribution in [-0.4, -0.2) is 36.1 Å². The third-order valence-electron chi connectivity index (χ3n) is 4.92. The van der Waals surface area contributed by atoms with Crippen LogP contribution in [0.25, 0.3) is 11.3 Å². The van der Waals surface area contributed by atoms with Crippen molar-refractivity contribution in [2.75, 3.05) is 36.0 Å². The molecule has 1 aliphatic heterocycles. The second-order valence-corrected chi connectivity index (χ2v) is 6.62. The molecule has 128 valence electrons. The van der Waals surface area contributed by atoms with Crippen molar-refractivity contribution < 1.29 is 0 Å². The molecule has 1 aliphatic rings. The van der Waals surface area contributed by atoms with Crippen LogP contribution < -0.4 is 9.80 Å². The molecule has 1 saturated heterocycles. The van der Waals surface area contributed by atoms with Gasteiger partial charge in [0.2, 0.25) is 5.95 Å². The maximum absolute atomic E-state index is 4.89. The number of nitrogens with zero attached hydrogens (tertiary/aromatic N) is 4. The van der Waals surface area contributed by atoms with E-state index in [-0.39, 0.29) is 0 Å². The van der Waals surface area contributed by atoms with Gasteiger partial charge in [-0.2, -0.15) is 4.98 Å². The molecule has 0 spiro atoms. The fourth-order valence-corrected chi connectivity index (χ4v) is 3.23. The third kappa shape index (κ3) is 3.69. The minimum Gasteiger partial charge on any atom is -0.356 e. The zero-order valence-corrected chi connectivity index (χ0v) is 15.1. The Labute approximate surface area is 145 Å². The Bertz CT molecular complexity index is 644. The highest BCUT2D eigenvalue weighted by atomic mass is 15.3. The molecule has 1 aromatic heterocycles. The van der Waals surface area contributed by atoms with Crippen molar-refractivity contribution in [3.8, 4) is 11.3 Å². The van der Waals surface area contributed by atoms with E-state index < -0.39 is 0 Å². The van der Waals surface area contributed by atoms with Crippen molar-refractivity contribution in [3.63, 3.8) is 0 Å². The van der Waals surface area contributed by atoms with Crippen molar-refractivity contribution in [1.82, 2.24) is 9.97 Å². The van der Waals surface area contributed by atoms with Gasteiger partial charge in [0, 0.05) is 37.8 Å². The van der Waals surface area contributed by atoms with Gasteiger partial charge in [-0.3, -0.25) is 0 Å². The second-order valence-electron chi connectivity index (χ2n) is 6.62. The van der Waals surface area contributed by atoms with E-state index in [4.69, 9.17) is 9.97 Å². The molecule has 0 radical (unpaired) electrons. The maximum atomic E-state index is 4.89. The summed E-state index contributed by atoms with van der Waals surface area (Å²) < 4.78 is 0. The van der Waals surface area contributed by atoms with Crippen LogP contribution in [0.15, 0.2) is 36.4 Å². The van der Waals surface area contributed by atoms with Crippen molar-refractivity contribution in [2.45, 2.75) is 33.6 Å². The van der Waals surface area contributed by atoms with E-state index in [1.807, 2.05) is 6.07 Å². The van der Waals surface area contributed by atoms with Crippen LogP contribution in [0.1, 0.15) is 33.6 Å². The molecule has 0 unspecified atom stereocenters. The van der Waals surface area contributed by atoms with Gasteiger partial charge in [-0.05, 0) is 32.6 Å². The van der Waals surface area contributed by atoms with Crippen LogP contribution in [-0.2, 0) is 0 Å². The third-order valence-corrected chi connectivity index (χ3v) is 4.92. The number of benzene rings is 1. The van der Waals surface area contributed by atoms with Gasteiger partial charge >= 0.3 is 0 Å². The molecule has 2 heterocycles. The highest BCUT2D eigenvalue weighted by molar-refractivity contribution is 5.65. The average Bonchev–Trinajstić information content (AvgIpc) is 2.64. The summed E-state index contributed by atoms with van der Waals surface area (Å²) in [4.78, 5) is 14.4. The quantitative estimate of drug-likeness (QED) is 0.824. The van der Waals surface area contributed by atoms with Crippen LogP contribution in [0.2, 0.25) is 0 Å². The van der Waals surface area contributed by atoms with Crippen molar-refractivity contribution in [2.24, 2.45) is 5.92 Å². The summed E-state index contributed by atoms with van der Waals surface area (Å²) >= 11 is 0. The van der Waals surface area contributed by atoms with Crippen LogP contribution in [0.4, 0.5) is 11.8 Å². The van der Waals surface area contributed by atoms with Gasteiger partial charge in [0.25, 0.3) is 0 Å². The van der Waals surface area contributed by atoms with Gasteiger partial charge in [-0.1, -0.05) is 37.3 Å². The molecule has 0 saturated carbocycles. The first-order valence-corrected chi connectivity index (χ1v) is 9.15. The van der Waals surface area contributed by atoms with Crippen LogP contribution in [0.5, 0.6) is 0 Å². The summed E-state index contributed by atoms with van der Waals surface area (Å²) in [5, 5.41) is 0. The molecule has 0 N–H and O–H groups in total. The lowest BCUT2D eigenvalue weighted by atomic mass is 9.99. The Kier molecular flexibility index (Phi) is 5.34. The van der Waals surface area contributed by atoms with Crippen LogP contribution in [0, 0.1) is 5.92 Å². The van der Waals surface area contributed by atoms with Gasteiger partial charge in [0.05, 0.1) is 5.69 Å². The second kappa shape index (κ2) is 7.65. The number of rotatable bonds is 5. The normalized spacial score (nSPS) is 15.5. The Hall–Kier alpha value is -2.10. The van der Waals surface area contributed by atoms with Gasteiger partial charge in [0.1, 0.15) is 5.82 Å². The first-order chi connectivity index (χ1) is 11.7. The smallest absolute Gasteiger partial charge is 0.227 e. The number of hydrogen-bond donors (Lipinski definition) is 0. The monoisotopic (exact) mass is 324 g/mol. The van der Waals surface area contributed by atoms with Gasteiger partial charge < -0.3 is 9.80 Å². The number of hydrogen-bond acceptors (Lipinski definition) is 4. The van der Waals surface area contributed by atoms with Crippen LogP contribution >= 0.6 is 0 Å². The molecule has 0 amide bonds. The standard InChI is InChI=1S/C20H28N4/c1-4-23(5-2)20-21-18(17-9-7-6-8-10-17)15-19(22-20)24-13-11-16(3)12-14-24/h6-10,15-16H,4-5,11-14H2,1-3H3. The lowest BCUT2D eigenvalue weighted by Gasteiger charge is -2.32.